The Bertz CT molecular complexity index is 838. The highest BCUT2D eigenvalue weighted by atomic mass is 15.2. The number of hydrogen-bond acceptors (Lipinski definition) is 6. The highest BCUT2D eigenvalue weighted by Crippen LogP contribution is 2.18. The van der Waals surface area contributed by atoms with E-state index >= 15 is 0 Å². The van der Waals surface area contributed by atoms with Crippen LogP contribution in [0.15, 0.2) is 24.4 Å². The van der Waals surface area contributed by atoms with Gasteiger partial charge in [-0.1, -0.05) is 6.07 Å². The molecule has 0 atom stereocenters. The fourth-order valence-corrected chi connectivity index (χ4v) is 2.50. The number of aromatic nitrogens is 5. The predicted molar refractivity (Wildman–Crippen MR) is 95.6 cm³/mol. The average molecular weight is 325 g/mol. The zero-order valence-electron chi connectivity index (χ0n) is 14.6. The molecule has 0 aliphatic carbocycles. The van der Waals surface area contributed by atoms with Crippen molar-refractivity contribution < 1.29 is 0 Å². The fraction of sp³-hybridized carbons (Fsp3) is 0.412. The van der Waals surface area contributed by atoms with Crippen LogP contribution < -0.4 is 10.2 Å². The van der Waals surface area contributed by atoms with E-state index in [1.807, 2.05) is 61.6 Å². The molecule has 0 spiro atoms. The summed E-state index contributed by atoms with van der Waals surface area (Å²) < 4.78 is 2.03. The maximum Gasteiger partial charge on any atom is 0.227 e. The monoisotopic (exact) mass is 325 g/mol. The highest BCUT2D eigenvalue weighted by molar-refractivity contribution is 5.50. The minimum Gasteiger partial charge on any atom is -0.370 e. The summed E-state index contributed by atoms with van der Waals surface area (Å²) in [6.45, 7) is 4.88. The summed E-state index contributed by atoms with van der Waals surface area (Å²) in [5.74, 6) is 2.61. The molecular weight excluding hydrogens is 302 g/mol. The lowest BCUT2D eigenvalue weighted by Crippen LogP contribution is -2.16. The molecule has 3 rings (SSSR count). The second-order valence-electron chi connectivity index (χ2n) is 6.05. The van der Waals surface area contributed by atoms with Crippen molar-refractivity contribution in [3.8, 4) is 0 Å². The topological polar surface area (TPSA) is 71.2 Å². The van der Waals surface area contributed by atoms with Crippen LogP contribution in [0.1, 0.15) is 23.5 Å². The molecule has 7 nitrogen and oxygen atoms in total. The molecule has 0 radical (unpaired) electrons. The van der Waals surface area contributed by atoms with E-state index < -0.39 is 0 Å². The zero-order chi connectivity index (χ0) is 17.1. The minimum atomic E-state index is 0.726. The van der Waals surface area contributed by atoms with Crippen molar-refractivity contribution in [2.24, 2.45) is 0 Å². The summed E-state index contributed by atoms with van der Waals surface area (Å²) >= 11 is 0. The van der Waals surface area contributed by atoms with Crippen LogP contribution in [0.25, 0.3) is 5.65 Å². The third-order valence-electron chi connectivity index (χ3n) is 4.03. The summed E-state index contributed by atoms with van der Waals surface area (Å²) in [7, 11) is 3.90. The molecule has 0 bridgehead atoms. The smallest absolute Gasteiger partial charge is 0.227 e. The summed E-state index contributed by atoms with van der Waals surface area (Å²) in [5, 5.41) is 11.9. The van der Waals surface area contributed by atoms with E-state index in [0.717, 1.165) is 53.9 Å². The van der Waals surface area contributed by atoms with Gasteiger partial charge >= 0.3 is 0 Å². The number of nitrogens with zero attached hydrogens (tertiary/aromatic N) is 6. The first-order valence-electron chi connectivity index (χ1n) is 8.11. The summed E-state index contributed by atoms with van der Waals surface area (Å²) in [6, 6.07) is 5.93. The third kappa shape index (κ3) is 3.29. The largest absolute Gasteiger partial charge is 0.370 e. The number of rotatable bonds is 6. The summed E-state index contributed by atoms with van der Waals surface area (Å²) in [6.07, 6.45) is 3.82. The quantitative estimate of drug-likeness (QED) is 0.701. The van der Waals surface area contributed by atoms with Gasteiger partial charge in [0.05, 0.1) is 0 Å². The molecule has 3 aromatic rings. The second-order valence-corrected chi connectivity index (χ2v) is 6.05. The van der Waals surface area contributed by atoms with Crippen LogP contribution in [0.2, 0.25) is 0 Å². The van der Waals surface area contributed by atoms with Crippen molar-refractivity contribution in [3.05, 3.63) is 41.5 Å². The van der Waals surface area contributed by atoms with Gasteiger partial charge in [0.25, 0.3) is 0 Å². The van der Waals surface area contributed by atoms with Crippen LogP contribution in [0.3, 0.4) is 0 Å². The Kier molecular flexibility index (Phi) is 4.59. The number of nitrogens with one attached hydrogen (secondary N) is 1. The molecular formula is C17H23N7. The lowest BCUT2D eigenvalue weighted by Gasteiger charge is -2.15. The molecule has 0 saturated carbocycles. The lowest BCUT2D eigenvalue weighted by atomic mass is 10.2. The summed E-state index contributed by atoms with van der Waals surface area (Å²) in [4.78, 5) is 11.0. The van der Waals surface area contributed by atoms with Crippen molar-refractivity contribution in [2.75, 3.05) is 30.9 Å². The van der Waals surface area contributed by atoms with Gasteiger partial charge in [-0.05, 0) is 32.4 Å². The van der Waals surface area contributed by atoms with Crippen LogP contribution in [-0.4, -0.2) is 45.2 Å². The van der Waals surface area contributed by atoms with Crippen LogP contribution in [-0.2, 0) is 6.42 Å². The van der Waals surface area contributed by atoms with Crippen LogP contribution >= 0.6 is 0 Å². The number of hydrogen-bond donors (Lipinski definition) is 1. The number of anilines is 2. The first-order chi connectivity index (χ1) is 11.6. The Morgan fingerprint density at radius 1 is 1.12 bits per heavy atom. The van der Waals surface area contributed by atoms with Crippen LogP contribution in [0.4, 0.5) is 11.8 Å². The van der Waals surface area contributed by atoms with E-state index in [-0.39, 0.29) is 0 Å². The van der Waals surface area contributed by atoms with E-state index in [1.54, 1.807) is 0 Å². The normalized spacial score (nSPS) is 11.0. The van der Waals surface area contributed by atoms with Crippen LogP contribution in [0, 0.1) is 13.8 Å². The van der Waals surface area contributed by atoms with Gasteiger partial charge in [-0.3, -0.25) is 4.40 Å². The molecule has 24 heavy (non-hydrogen) atoms. The van der Waals surface area contributed by atoms with Crippen LogP contribution in [0.5, 0.6) is 0 Å². The molecule has 1 N–H and O–H groups in total. The molecule has 0 aromatic carbocycles. The Labute approximate surface area is 141 Å². The van der Waals surface area contributed by atoms with Gasteiger partial charge in [0.2, 0.25) is 5.95 Å². The lowest BCUT2D eigenvalue weighted by molar-refractivity contribution is 0.784. The second kappa shape index (κ2) is 6.82. The molecule has 0 fully saturated rings. The maximum absolute atomic E-state index is 4.59. The molecule has 0 aliphatic rings. The van der Waals surface area contributed by atoms with Gasteiger partial charge in [-0.15, -0.1) is 10.2 Å². The van der Waals surface area contributed by atoms with Crippen molar-refractivity contribution >= 4 is 17.4 Å². The molecule has 0 amide bonds. The average Bonchev–Trinajstić information content (AvgIpc) is 2.98. The van der Waals surface area contributed by atoms with Gasteiger partial charge in [-0.25, -0.2) is 4.98 Å². The molecule has 3 heterocycles. The standard InChI is InChI=1S/C17H23N7/c1-12-13(2)19-17(23(3)4)20-16(12)18-10-7-9-15-22-21-14-8-5-6-11-24(14)15/h5-6,8,11H,7,9-10H2,1-4H3,(H,18,19,20). The Hall–Kier alpha value is -2.70. The Morgan fingerprint density at radius 3 is 2.75 bits per heavy atom. The molecule has 0 saturated heterocycles. The Morgan fingerprint density at radius 2 is 1.96 bits per heavy atom. The molecule has 3 aromatic heterocycles. The van der Waals surface area contributed by atoms with E-state index in [0.29, 0.717) is 0 Å². The van der Waals surface area contributed by atoms with Gasteiger partial charge in [0.1, 0.15) is 11.6 Å². The Balaban J connectivity index is 1.62. The van der Waals surface area contributed by atoms with Gasteiger partial charge in [0, 0.05) is 44.5 Å². The van der Waals surface area contributed by atoms with Gasteiger partial charge in [0.15, 0.2) is 5.65 Å². The number of aryl methyl sites for hydroxylation is 2. The molecule has 126 valence electrons. The maximum atomic E-state index is 4.59. The molecule has 0 aliphatic heterocycles. The molecule has 7 heteroatoms. The number of fused-ring (bicyclic) bond motifs is 1. The van der Waals surface area contributed by atoms with E-state index in [1.165, 1.54) is 0 Å². The first kappa shape index (κ1) is 16.2. The SMILES string of the molecule is Cc1nc(N(C)C)nc(NCCCc2nnc3ccccn23)c1C. The van der Waals surface area contributed by atoms with E-state index in [2.05, 4.69) is 25.5 Å². The molecule has 0 unspecified atom stereocenters. The number of pyridine rings is 1. The van der Waals surface area contributed by atoms with Gasteiger partial charge < -0.3 is 10.2 Å². The van der Waals surface area contributed by atoms with Crippen molar-refractivity contribution in [1.29, 1.82) is 0 Å². The van der Waals surface area contributed by atoms with E-state index in [4.69, 9.17) is 0 Å². The first-order valence-corrected chi connectivity index (χ1v) is 8.11. The van der Waals surface area contributed by atoms with Gasteiger partial charge in [-0.2, -0.15) is 4.98 Å². The fourth-order valence-electron chi connectivity index (χ4n) is 2.50. The van der Waals surface area contributed by atoms with Crippen molar-refractivity contribution in [2.45, 2.75) is 26.7 Å². The zero-order valence-corrected chi connectivity index (χ0v) is 14.6. The predicted octanol–water partition coefficient (Wildman–Crippen LogP) is 2.25. The third-order valence-corrected chi connectivity index (χ3v) is 4.03. The van der Waals surface area contributed by atoms with Crippen molar-refractivity contribution in [3.63, 3.8) is 0 Å². The minimum absolute atomic E-state index is 0.726. The van der Waals surface area contributed by atoms with Crippen molar-refractivity contribution in [1.82, 2.24) is 24.6 Å². The highest BCUT2D eigenvalue weighted by Gasteiger charge is 2.09. The summed E-state index contributed by atoms with van der Waals surface area (Å²) in [5.41, 5.74) is 2.98. The van der Waals surface area contributed by atoms with E-state index in [9.17, 15) is 0 Å².